The summed E-state index contributed by atoms with van der Waals surface area (Å²) in [6, 6.07) is 5.68. The molecule has 2 aromatic rings. The fourth-order valence-electron chi connectivity index (χ4n) is 2.49. The molecule has 1 heterocycles. The van der Waals surface area contributed by atoms with Gasteiger partial charge in [-0.3, -0.25) is 0 Å². The van der Waals surface area contributed by atoms with Crippen LogP contribution < -0.4 is 0 Å². The maximum atomic E-state index is 6.35. The lowest BCUT2D eigenvalue weighted by molar-refractivity contribution is 0.709. The van der Waals surface area contributed by atoms with Crippen LogP contribution in [0.3, 0.4) is 0 Å². The third-order valence-corrected chi connectivity index (χ3v) is 5.09. The van der Waals surface area contributed by atoms with Gasteiger partial charge in [-0.1, -0.05) is 29.6 Å². The monoisotopic (exact) mass is 370 g/mol. The van der Waals surface area contributed by atoms with E-state index in [4.69, 9.17) is 28.2 Å². The van der Waals surface area contributed by atoms with Gasteiger partial charge in [0, 0.05) is 21.3 Å². The van der Waals surface area contributed by atoms with Crippen LogP contribution >= 0.6 is 39.1 Å². The summed E-state index contributed by atoms with van der Waals surface area (Å²) in [5.41, 5.74) is 3.15. The molecule has 0 saturated heterocycles. The second-order valence-electron chi connectivity index (χ2n) is 4.95. The average molecular weight is 372 g/mol. The molecule has 1 aliphatic carbocycles. The van der Waals surface area contributed by atoms with Gasteiger partial charge in [-0.05, 0) is 59.8 Å². The normalized spacial score (nSPS) is 14.8. The molecule has 0 N–H and O–H groups in total. The Morgan fingerprint density at radius 3 is 2.60 bits per heavy atom. The van der Waals surface area contributed by atoms with Crippen LogP contribution in [0.2, 0.25) is 10.2 Å². The van der Waals surface area contributed by atoms with Crippen molar-refractivity contribution in [3.63, 3.8) is 0 Å². The van der Waals surface area contributed by atoms with Gasteiger partial charge in [0.2, 0.25) is 0 Å². The Morgan fingerprint density at radius 2 is 1.80 bits per heavy atom. The number of nitrogens with zero attached hydrogens (tertiary/aromatic N) is 2. The maximum absolute atomic E-state index is 6.35. The minimum absolute atomic E-state index is 0.595. The van der Waals surface area contributed by atoms with Crippen molar-refractivity contribution in [3.05, 3.63) is 44.1 Å². The van der Waals surface area contributed by atoms with Gasteiger partial charge >= 0.3 is 0 Å². The van der Waals surface area contributed by atoms with E-state index in [-0.39, 0.29) is 0 Å². The minimum Gasteiger partial charge on any atom is -0.233 e. The molecular formula is C15H13BrCl2N2. The van der Waals surface area contributed by atoms with E-state index in [2.05, 4.69) is 20.9 Å². The fraction of sp³-hybridized carbons (Fsp3) is 0.333. The van der Waals surface area contributed by atoms with E-state index in [1.807, 2.05) is 18.2 Å². The minimum atomic E-state index is 0.595. The van der Waals surface area contributed by atoms with E-state index < -0.39 is 0 Å². The molecule has 0 bridgehead atoms. The van der Waals surface area contributed by atoms with Gasteiger partial charge in [0.1, 0.15) is 5.15 Å². The zero-order chi connectivity index (χ0) is 14.1. The summed E-state index contributed by atoms with van der Waals surface area (Å²) >= 11 is 15.8. The largest absolute Gasteiger partial charge is 0.233 e. The Kier molecular flexibility index (Phi) is 4.29. The highest BCUT2D eigenvalue weighted by atomic mass is 79.9. The SMILES string of the molecule is Clc1ccc(-c2nc(Cl)c3c(n2)CCCCC3)cc1Br. The second-order valence-corrected chi connectivity index (χ2v) is 6.57. The molecule has 1 aliphatic rings. The highest BCUT2D eigenvalue weighted by Crippen LogP contribution is 2.30. The standard InChI is InChI=1S/C15H13BrCl2N2/c16-11-8-9(6-7-12(11)17)15-19-13-5-3-1-2-4-10(13)14(18)20-15/h6-8H,1-5H2. The summed E-state index contributed by atoms with van der Waals surface area (Å²) in [6.07, 6.45) is 5.54. The zero-order valence-electron chi connectivity index (χ0n) is 10.8. The molecule has 0 saturated carbocycles. The topological polar surface area (TPSA) is 25.8 Å². The van der Waals surface area contributed by atoms with E-state index in [1.165, 1.54) is 19.3 Å². The molecule has 0 amide bonds. The van der Waals surface area contributed by atoms with Crippen LogP contribution in [0.15, 0.2) is 22.7 Å². The maximum Gasteiger partial charge on any atom is 0.161 e. The molecule has 0 atom stereocenters. The highest BCUT2D eigenvalue weighted by molar-refractivity contribution is 9.10. The van der Waals surface area contributed by atoms with Gasteiger partial charge in [-0.2, -0.15) is 0 Å². The van der Waals surface area contributed by atoms with Crippen molar-refractivity contribution in [3.8, 4) is 11.4 Å². The lowest BCUT2D eigenvalue weighted by Gasteiger charge is -2.10. The number of hydrogen-bond donors (Lipinski definition) is 0. The smallest absolute Gasteiger partial charge is 0.161 e. The molecule has 0 fully saturated rings. The molecule has 0 spiro atoms. The van der Waals surface area contributed by atoms with Crippen molar-refractivity contribution in [1.29, 1.82) is 0 Å². The van der Waals surface area contributed by atoms with Gasteiger partial charge in [-0.25, -0.2) is 9.97 Å². The van der Waals surface area contributed by atoms with Gasteiger partial charge in [-0.15, -0.1) is 0 Å². The van der Waals surface area contributed by atoms with E-state index >= 15 is 0 Å². The number of aryl methyl sites for hydroxylation is 1. The molecule has 3 rings (SSSR count). The first kappa shape index (κ1) is 14.3. The lowest BCUT2D eigenvalue weighted by Crippen LogP contribution is -2.02. The quantitative estimate of drug-likeness (QED) is 0.489. The molecule has 20 heavy (non-hydrogen) atoms. The fourth-order valence-corrected chi connectivity index (χ4v) is 3.27. The molecule has 5 heteroatoms. The van der Waals surface area contributed by atoms with Crippen molar-refractivity contribution in [1.82, 2.24) is 9.97 Å². The van der Waals surface area contributed by atoms with E-state index in [0.717, 1.165) is 34.1 Å². The van der Waals surface area contributed by atoms with Crippen LogP contribution in [0.4, 0.5) is 0 Å². The molecule has 0 unspecified atom stereocenters. The molecule has 1 aromatic heterocycles. The van der Waals surface area contributed by atoms with Crippen molar-refractivity contribution in [2.24, 2.45) is 0 Å². The highest BCUT2D eigenvalue weighted by Gasteiger charge is 2.16. The molecular weight excluding hydrogens is 359 g/mol. The number of benzene rings is 1. The van der Waals surface area contributed by atoms with Crippen LogP contribution in [-0.4, -0.2) is 9.97 Å². The third kappa shape index (κ3) is 2.85. The Balaban J connectivity index is 2.08. The van der Waals surface area contributed by atoms with E-state index in [1.54, 1.807) is 0 Å². The Morgan fingerprint density at radius 1 is 1.00 bits per heavy atom. The molecule has 1 aromatic carbocycles. The van der Waals surface area contributed by atoms with Crippen molar-refractivity contribution in [2.45, 2.75) is 32.1 Å². The summed E-state index contributed by atoms with van der Waals surface area (Å²) in [6.45, 7) is 0. The van der Waals surface area contributed by atoms with E-state index in [0.29, 0.717) is 16.0 Å². The summed E-state index contributed by atoms with van der Waals surface area (Å²) in [7, 11) is 0. The lowest BCUT2D eigenvalue weighted by atomic mass is 10.1. The summed E-state index contributed by atoms with van der Waals surface area (Å²) in [5.74, 6) is 0.674. The van der Waals surface area contributed by atoms with Crippen LogP contribution in [0.25, 0.3) is 11.4 Å². The third-order valence-electron chi connectivity index (χ3n) is 3.56. The zero-order valence-corrected chi connectivity index (χ0v) is 13.9. The number of aromatic nitrogens is 2. The average Bonchev–Trinajstić information content (AvgIpc) is 2.67. The van der Waals surface area contributed by atoms with Crippen molar-refractivity contribution < 1.29 is 0 Å². The first-order valence-electron chi connectivity index (χ1n) is 6.66. The molecule has 104 valence electrons. The molecule has 2 nitrogen and oxygen atoms in total. The van der Waals surface area contributed by atoms with Crippen LogP contribution in [0.5, 0.6) is 0 Å². The van der Waals surface area contributed by atoms with Crippen LogP contribution in [-0.2, 0) is 12.8 Å². The van der Waals surface area contributed by atoms with Crippen LogP contribution in [0, 0.1) is 0 Å². The number of fused-ring (bicyclic) bond motifs is 1. The van der Waals surface area contributed by atoms with Gasteiger partial charge in [0.15, 0.2) is 5.82 Å². The summed E-state index contributed by atoms with van der Waals surface area (Å²) < 4.78 is 0.839. The molecule has 0 aliphatic heterocycles. The van der Waals surface area contributed by atoms with E-state index in [9.17, 15) is 0 Å². The Bertz CT molecular complexity index is 659. The van der Waals surface area contributed by atoms with Crippen molar-refractivity contribution >= 4 is 39.1 Å². The summed E-state index contributed by atoms with van der Waals surface area (Å²) in [5, 5.41) is 1.27. The predicted molar refractivity (Wildman–Crippen MR) is 86.4 cm³/mol. The van der Waals surface area contributed by atoms with Gasteiger partial charge in [0.25, 0.3) is 0 Å². The number of rotatable bonds is 1. The Labute approximate surface area is 136 Å². The number of hydrogen-bond acceptors (Lipinski definition) is 2. The Hall–Kier alpha value is -0.640. The predicted octanol–water partition coefficient (Wildman–Crippen LogP) is 5.48. The first-order valence-corrected chi connectivity index (χ1v) is 8.21. The molecule has 0 radical (unpaired) electrons. The van der Waals surface area contributed by atoms with Gasteiger partial charge < -0.3 is 0 Å². The number of halogens is 3. The van der Waals surface area contributed by atoms with Crippen molar-refractivity contribution in [2.75, 3.05) is 0 Å². The van der Waals surface area contributed by atoms with Gasteiger partial charge in [0.05, 0.1) is 5.02 Å². The summed E-state index contributed by atoms with van der Waals surface area (Å²) in [4.78, 5) is 9.18. The van der Waals surface area contributed by atoms with Crippen LogP contribution in [0.1, 0.15) is 30.5 Å². The second kappa shape index (κ2) is 6.00. The first-order chi connectivity index (χ1) is 9.65.